The van der Waals surface area contributed by atoms with Gasteiger partial charge in [-0.2, -0.15) is 11.8 Å². The number of carboxylic acids is 1. The third-order valence-electron chi connectivity index (χ3n) is 2.77. The third-order valence-corrected chi connectivity index (χ3v) is 3.47. The number of hydrogen-bond acceptors (Lipinski definition) is 5. The molecule has 0 saturated carbocycles. The molecular formula is C13H21N3O2S. The van der Waals surface area contributed by atoms with Gasteiger partial charge in [-0.3, -0.25) is 0 Å². The number of unbranched alkanes of at least 4 members (excludes halogenated alkanes) is 3. The Balaban J connectivity index is 2.26. The third kappa shape index (κ3) is 5.92. The summed E-state index contributed by atoms with van der Waals surface area (Å²) in [4.78, 5) is 19.0. The van der Waals surface area contributed by atoms with Crippen molar-refractivity contribution >= 4 is 23.7 Å². The summed E-state index contributed by atoms with van der Waals surface area (Å²) in [6.07, 6.45) is 8.27. The Labute approximate surface area is 118 Å². The predicted molar refractivity (Wildman–Crippen MR) is 79.1 cm³/mol. The van der Waals surface area contributed by atoms with Crippen LogP contribution in [0.4, 0.5) is 5.95 Å². The number of aryl methyl sites for hydroxylation is 1. The molecule has 1 rings (SSSR count). The average molecular weight is 283 g/mol. The second-order valence-electron chi connectivity index (χ2n) is 4.33. The van der Waals surface area contributed by atoms with Crippen molar-refractivity contribution in [1.29, 1.82) is 0 Å². The van der Waals surface area contributed by atoms with Crippen molar-refractivity contribution in [2.24, 2.45) is 0 Å². The summed E-state index contributed by atoms with van der Waals surface area (Å²) in [6.45, 7) is 2.50. The minimum Gasteiger partial charge on any atom is -0.478 e. The highest BCUT2D eigenvalue weighted by atomic mass is 32.2. The molecule has 5 nitrogen and oxygen atoms in total. The molecule has 0 radical (unpaired) electrons. The molecule has 0 aliphatic heterocycles. The van der Waals surface area contributed by atoms with Crippen LogP contribution in [0.25, 0.3) is 0 Å². The normalized spacial score (nSPS) is 10.4. The van der Waals surface area contributed by atoms with E-state index in [0.29, 0.717) is 11.6 Å². The second-order valence-corrected chi connectivity index (χ2v) is 5.32. The molecule has 2 N–H and O–H groups in total. The number of rotatable bonds is 9. The van der Waals surface area contributed by atoms with Crippen LogP contribution >= 0.6 is 11.8 Å². The minimum absolute atomic E-state index is 0.155. The fourth-order valence-corrected chi connectivity index (χ4v) is 2.18. The first-order valence-electron chi connectivity index (χ1n) is 6.45. The molecule has 1 heterocycles. The van der Waals surface area contributed by atoms with Gasteiger partial charge in [-0.25, -0.2) is 14.8 Å². The summed E-state index contributed by atoms with van der Waals surface area (Å²) in [5, 5.41) is 12.0. The van der Waals surface area contributed by atoms with Gasteiger partial charge in [-0.05, 0) is 31.8 Å². The number of aromatic nitrogens is 2. The van der Waals surface area contributed by atoms with Crippen molar-refractivity contribution in [3.05, 3.63) is 17.5 Å². The van der Waals surface area contributed by atoms with Crippen LogP contribution in [0.3, 0.4) is 0 Å². The van der Waals surface area contributed by atoms with Gasteiger partial charge in [0.15, 0.2) is 0 Å². The zero-order chi connectivity index (χ0) is 14.1. The molecule has 106 valence electrons. The molecule has 0 fully saturated rings. The molecule has 0 aromatic carbocycles. The molecule has 0 atom stereocenters. The summed E-state index contributed by atoms with van der Waals surface area (Å²) in [7, 11) is 0. The van der Waals surface area contributed by atoms with Crippen LogP contribution < -0.4 is 5.32 Å². The maximum atomic E-state index is 10.8. The molecule has 19 heavy (non-hydrogen) atoms. The number of carboxylic acid groups (broad SMARTS) is 1. The molecule has 1 aromatic rings. The van der Waals surface area contributed by atoms with Gasteiger partial charge in [0.05, 0.1) is 11.3 Å². The molecule has 0 spiro atoms. The number of thioether (sulfide) groups is 1. The fraction of sp³-hybridized carbons (Fsp3) is 0.615. The highest BCUT2D eigenvalue weighted by Crippen LogP contribution is 2.08. The number of hydrogen-bond donors (Lipinski definition) is 2. The Morgan fingerprint density at radius 1 is 1.37 bits per heavy atom. The molecule has 6 heteroatoms. The van der Waals surface area contributed by atoms with E-state index < -0.39 is 5.97 Å². The lowest BCUT2D eigenvalue weighted by Crippen LogP contribution is -2.09. The first kappa shape index (κ1) is 15.8. The molecule has 0 aliphatic carbocycles. The van der Waals surface area contributed by atoms with Crippen LogP contribution in [-0.2, 0) is 0 Å². The van der Waals surface area contributed by atoms with Gasteiger partial charge < -0.3 is 10.4 Å². The number of nitrogens with zero attached hydrogens (tertiary/aromatic N) is 2. The molecule has 0 saturated heterocycles. The van der Waals surface area contributed by atoms with E-state index in [9.17, 15) is 4.79 Å². The highest BCUT2D eigenvalue weighted by Gasteiger charge is 2.09. The van der Waals surface area contributed by atoms with Crippen LogP contribution in [0.15, 0.2) is 6.20 Å². The zero-order valence-corrected chi connectivity index (χ0v) is 12.3. The van der Waals surface area contributed by atoms with Crippen molar-refractivity contribution in [3.8, 4) is 0 Å². The SMILES string of the molecule is CSCCCCCCNc1ncc(C(=O)O)c(C)n1. The quantitative estimate of drug-likeness (QED) is 0.679. The average Bonchev–Trinajstić information content (AvgIpc) is 2.37. The lowest BCUT2D eigenvalue weighted by atomic mass is 10.2. The minimum atomic E-state index is -0.988. The molecular weight excluding hydrogens is 262 g/mol. The summed E-state index contributed by atoms with van der Waals surface area (Å²) in [5.41, 5.74) is 0.646. The van der Waals surface area contributed by atoms with Crippen molar-refractivity contribution in [1.82, 2.24) is 9.97 Å². The van der Waals surface area contributed by atoms with Crippen LogP contribution in [0.5, 0.6) is 0 Å². The number of carbonyl (C=O) groups is 1. The van der Waals surface area contributed by atoms with Gasteiger partial charge in [0, 0.05) is 12.7 Å². The Hall–Kier alpha value is -1.30. The van der Waals surface area contributed by atoms with Crippen LogP contribution in [0.1, 0.15) is 41.7 Å². The van der Waals surface area contributed by atoms with E-state index in [4.69, 9.17) is 5.11 Å². The zero-order valence-electron chi connectivity index (χ0n) is 11.5. The summed E-state index contributed by atoms with van der Waals surface area (Å²) >= 11 is 1.88. The summed E-state index contributed by atoms with van der Waals surface area (Å²) in [6, 6.07) is 0. The first-order chi connectivity index (χ1) is 9.15. The van der Waals surface area contributed by atoms with Crippen LogP contribution in [-0.4, -0.2) is 39.6 Å². The smallest absolute Gasteiger partial charge is 0.339 e. The molecule has 0 amide bonds. The monoisotopic (exact) mass is 283 g/mol. The topological polar surface area (TPSA) is 75.1 Å². The van der Waals surface area contributed by atoms with Gasteiger partial charge in [-0.15, -0.1) is 0 Å². The maximum absolute atomic E-state index is 10.8. The Bertz CT molecular complexity index is 413. The largest absolute Gasteiger partial charge is 0.478 e. The van der Waals surface area contributed by atoms with Gasteiger partial charge in [0.2, 0.25) is 5.95 Å². The number of anilines is 1. The first-order valence-corrected chi connectivity index (χ1v) is 7.84. The molecule has 0 bridgehead atoms. The summed E-state index contributed by atoms with van der Waals surface area (Å²) in [5.74, 6) is 0.747. The Morgan fingerprint density at radius 3 is 2.74 bits per heavy atom. The van der Waals surface area contributed by atoms with Gasteiger partial charge >= 0.3 is 5.97 Å². The lowest BCUT2D eigenvalue weighted by molar-refractivity contribution is 0.0695. The van der Waals surface area contributed by atoms with Crippen LogP contribution in [0.2, 0.25) is 0 Å². The summed E-state index contributed by atoms with van der Waals surface area (Å²) < 4.78 is 0. The van der Waals surface area contributed by atoms with E-state index in [-0.39, 0.29) is 5.56 Å². The lowest BCUT2D eigenvalue weighted by Gasteiger charge is -2.06. The van der Waals surface area contributed by atoms with E-state index in [1.165, 1.54) is 31.2 Å². The van der Waals surface area contributed by atoms with Gasteiger partial charge in [0.25, 0.3) is 0 Å². The fourth-order valence-electron chi connectivity index (χ4n) is 1.69. The molecule has 0 unspecified atom stereocenters. The van der Waals surface area contributed by atoms with E-state index in [2.05, 4.69) is 21.5 Å². The van der Waals surface area contributed by atoms with Crippen molar-refractivity contribution < 1.29 is 9.90 Å². The van der Waals surface area contributed by atoms with Crippen molar-refractivity contribution in [2.45, 2.75) is 32.6 Å². The van der Waals surface area contributed by atoms with Crippen molar-refractivity contribution in [3.63, 3.8) is 0 Å². The van der Waals surface area contributed by atoms with Gasteiger partial charge in [-0.1, -0.05) is 12.8 Å². The number of nitrogens with one attached hydrogen (secondary N) is 1. The van der Waals surface area contributed by atoms with E-state index in [1.54, 1.807) is 6.92 Å². The number of aromatic carboxylic acids is 1. The van der Waals surface area contributed by atoms with Crippen LogP contribution in [0, 0.1) is 6.92 Å². The Kier molecular flexibility index (Phi) is 7.25. The standard InChI is InChI=1S/C13H21N3O2S/c1-10-11(12(17)18)9-15-13(16-10)14-7-5-3-4-6-8-19-2/h9H,3-8H2,1-2H3,(H,17,18)(H,14,15,16). The molecule has 0 aliphatic rings. The maximum Gasteiger partial charge on any atom is 0.339 e. The predicted octanol–water partition coefficient (Wildman–Crippen LogP) is 2.82. The van der Waals surface area contributed by atoms with E-state index in [1.807, 2.05) is 11.8 Å². The Morgan fingerprint density at radius 2 is 2.11 bits per heavy atom. The van der Waals surface area contributed by atoms with E-state index in [0.717, 1.165) is 13.0 Å². The van der Waals surface area contributed by atoms with E-state index >= 15 is 0 Å². The van der Waals surface area contributed by atoms with Crippen molar-refractivity contribution in [2.75, 3.05) is 23.9 Å². The van der Waals surface area contributed by atoms with Gasteiger partial charge in [0.1, 0.15) is 0 Å². The second kappa shape index (κ2) is 8.74. The highest BCUT2D eigenvalue weighted by molar-refractivity contribution is 7.98. The molecule has 1 aromatic heterocycles.